The second-order valence-corrected chi connectivity index (χ2v) is 8.76. The molecule has 0 aromatic heterocycles. The number of hydrogen-bond donors (Lipinski definition) is 1. The predicted molar refractivity (Wildman–Crippen MR) is 89.4 cm³/mol. The molecule has 0 saturated carbocycles. The van der Waals surface area contributed by atoms with Crippen molar-refractivity contribution in [3.8, 4) is 0 Å². The van der Waals surface area contributed by atoms with E-state index in [1.54, 1.807) is 15.7 Å². The van der Waals surface area contributed by atoms with Crippen molar-refractivity contribution in [1.29, 1.82) is 0 Å². The zero-order valence-electron chi connectivity index (χ0n) is 14.4. The second kappa shape index (κ2) is 8.73. The van der Waals surface area contributed by atoms with Crippen LogP contribution in [0.15, 0.2) is 0 Å². The Morgan fingerprint density at radius 1 is 1.17 bits per heavy atom. The van der Waals surface area contributed by atoms with Crippen LogP contribution in [0.2, 0.25) is 0 Å². The van der Waals surface area contributed by atoms with Crippen molar-refractivity contribution in [1.82, 2.24) is 13.5 Å². The van der Waals surface area contributed by atoms with Crippen molar-refractivity contribution in [2.45, 2.75) is 19.3 Å². The maximum absolute atomic E-state index is 12.8. The molecule has 0 spiro atoms. The Balaban J connectivity index is 1.99. The van der Waals surface area contributed by atoms with Crippen LogP contribution in [0.5, 0.6) is 0 Å². The number of aliphatic hydroxyl groups excluding tert-OH is 1. The largest absolute Gasteiger partial charge is 0.396 e. The molecule has 136 valence electrons. The summed E-state index contributed by atoms with van der Waals surface area (Å²) < 4.78 is 33.9. The lowest BCUT2D eigenvalue weighted by Gasteiger charge is -2.39. The van der Waals surface area contributed by atoms with Crippen LogP contribution >= 0.6 is 0 Å². The third-order valence-electron chi connectivity index (χ3n) is 4.81. The normalized spacial score (nSPS) is 27.8. The standard InChI is InChI=1S/C15H31N3O4S/c1-16(7-8-22-2)10-14-9-15(13-19)12-18(11-14)23(20,21)17-5-3-4-6-17/h14-15,19H,3-13H2,1-2H3/t14-,15+/m1/s1. The van der Waals surface area contributed by atoms with E-state index >= 15 is 0 Å². The number of piperidine rings is 1. The molecule has 0 amide bonds. The van der Waals surface area contributed by atoms with E-state index in [1.165, 1.54) is 0 Å². The molecule has 1 N–H and O–H groups in total. The SMILES string of the molecule is COCCN(C)C[C@H]1C[C@H](CO)CN(S(=O)(=O)N2CCCC2)C1. The molecule has 2 rings (SSSR count). The summed E-state index contributed by atoms with van der Waals surface area (Å²) >= 11 is 0. The number of ether oxygens (including phenoxy) is 1. The summed E-state index contributed by atoms with van der Waals surface area (Å²) in [6.07, 6.45) is 2.76. The number of nitrogens with zero attached hydrogens (tertiary/aromatic N) is 3. The summed E-state index contributed by atoms with van der Waals surface area (Å²) in [6, 6.07) is 0. The third kappa shape index (κ3) is 5.11. The number of hydrogen-bond acceptors (Lipinski definition) is 5. The van der Waals surface area contributed by atoms with Crippen LogP contribution in [0.25, 0.3) is 0 Å². The predicted octanol–water partition coefficient (Wildman–Crippen LogP) is -0.164. The van der Waals surface area contributed by atoms with Crippen molar-refractivity contribution in [2.75, 3.05) is 66.6 Å². The Morgan fingerprint density at radius 3 is 2.43 bits per heavy atom. The van der Waals surface area contributed by atoms with Gasteiger partial charge in [-0.1, -0.05) is 0 Å². The van der Waals surface area contributed by atoms with Crippen LogP contribution in [-0.2, 0) is 14.9 Å². The smallest absolute Gasteiger partial charge is 0.281 e. The minimum absolute atomic E-state index is 0.0296. The first kappa shape index (κ1) is 19.1. The molecule has 7 nitrogen and oxygen atoms in total. The molecule has 2 aliphatic rings. The zero-order valence-corrected chi connectivity index (χ0v) is 15.2. The van der Waals surface area contributed by atoms with Crippen LogP contribution in [-0.4, -0.2) is 93.7 Å². The lowest BCUT2D eigenvalue weighted by Crippen LogP contribution is -2.51. The van der Waals surface area contributed by atoms with Crippen LogP contribution < -0.4 is 0 Å². The Bertz CT molecular complexity index is 454. The average molecular weight is 349 g/mol. The maximum atomic E-state index is 12.8. The fourth-order valence-corrected chi connectivity index (χ4v) is 5.43. The van der Waals surface area contributed by atoms with Gasteiger partial charge >= 0.3 is 0 Å². The molecule has 0 aromatic carbocycles. The van der Waals surface area contributed by atoms with E-state index in [0.717, 1.165) is 32.4 Å². The molecule has 0 radical (unpaired) electrons. The first-order chi connectivity index (χ1) is 11.0. The highest BCUT2D eigenvalue weighted by molar-refractivity contribution is 7.86. The Morgan fingerprint density at radius 2 is 1.83 bits per heavy atom. The van der Waals surface area contributed by atoms with E-state index in [-0.39, 0.29) is 18.4 Å². The molecule has 0 aliphatic carbocycles. The number of likely N-dealkylation sites (N-methyl/N-ethyl adjacent to an activating group) is 1. The lowest BCUT2D eigenvalue weighted by atomic mass is 9.90. The van der Waals surface area contributed by atoms with Gasteiger partial charge in [0, 0.05) is 53.0 Å². The van der Waals surface area contributed by atoms with Gasteiger partial charge < -0.3 is 14.7 Å². The summed E-state index contributed by atoms with van der Waals surface area (Å²) in [5.41, 5.74) is 0. The van der Waals surface area contributed by atoms with Crippen molar-refractivity contribution in [3.05, 3.63) is 0 Å². The number of methoxy groups -OCH3 is 1. The van der Waals surface area contributed by atoms with Gasteiger partial charge in [-0.3, -0.25) is 0 Å². The molecule has 0 unspecified atom stereocenters. The molecule has 23 heavy (non-hydrogen) atoms. The number of rotatable bonds is 8. The number of aliphatic hydroxyl groups is 1. The minimum Gasteiger partial charge on any atom is -0.396 e. The summed E-state index contributed by atoms with van der Waals surface area (Å²) in [6.45, 7) is 4.61. The van der Waals surface area contributed by atoms with Crippen molar-refractivity contribution in [2.24, 2.45) is 11.8 Å². The van der Waals surface area contributed by atoms with Crippen molar-refractivity contribution < 1.29 is 18.3 Å². The Labute approximate surface area is 140 Å². The second-order valence-electron chi connectivity index (χ2n) is 6.84. The molecular weight excluding hydrogens is 318 g/mol. The molecule has 2 fully saturated rings. The summed E-state index contributed by atoms with van der Waals surface area (Å²) in [4.78, 5) is 2.18. The topological polar surface area (TPSA) is 73.3 Å². The highest BCUT2D eigenvalue weighted by Gasteiger charge is 2.38. The third-order valence-corrected chi connectivity index (χ3v) is 6.78. The van der Waals surface area contributed by atoms with Gasteiger partial charge in [-0.2, -0.15) is 17.0 Å². The van der Waals surface area contributed by atoms with Crippen LogP contribution in [0.1, 0.15) is 19.3 Å². The van der Waals surface area contributed by atoms with Crippen LogP contribution in [0, 0.1) is 11.8 Å². The van der Waals surface area contributed by atoms with Crippen LogP contribution in [0.4, 0.5) is 0 Å². The zero-order chi connectivity index (χ0) is 16.9. The molecule has 2 aliphatic heterocycles. The van der Waals surface area contributed by atoms with Crippen molar-refractivity contribution >= 4 is 10.2 Å². The Kier molecular flexibility index (Phi) is 7.24. The maximum Gasteiger partial charge on any atom is 0.281 e. The molecule has 0 bridgehead atoms. The first-order valence-electron chi connectivity index (χ1n) is 8.51. The average Bonchev–Trinajstić information content (AvgIpc) is 3.07. The van der Waals surface area contributed by atoms with Gasteiger partial charge in [-0.15, -0.1) is 0 Å². The van der Waals surface area contributed by atoms with Gasteiger partial charge in [0.2, 0.25) is 0 Å². The van der Waals surface area contributed by atoms with E-state index in [9.17, 15) is 13.5 Å². The van der Waals surface area contributed by atoms with Crippen LogP contribution in [0.3, 0.4) is 0 Å². The first-order valence-corrected chi connectivity index (χ1v) is 9.90. The quantitative estimate of drug-likeness (QED) is 0.659. The van der Waals surface area contributed by atoms with Gasteiger partial charge in [-0.05, 0) is 38.1 Å². The monoisotopic (exact) mass is 349 g/mol. The fourth-order valence-electron chi connectivity index (χ4n) is 3.59. The summed E-state index contributed by atoms with van der Waals surface area (Å²) in [5, 5.41) is 9.56. The van der Waals surface area contributed by atoms with E-state index in [2.05, 4.69) is 4.90 Å². The van der Waals surface area contributed by atoms with Gasteiger partial charge in [0.1, 0.15) is 0 Å². The molecule has 0 aromatic rings. The van der Waals surface area contributed by atoms with Crippen molar-refractivity contribution in [3.63, 3.8) is 0 Å². The summed E-state index contributed by atoms with van der Waals surface area (Å²) in [5.74, 6) is 0.280. The van der Waals surface area contributed by atoms with Gasteiger partial charge in [-0.25, -0.2) is 0 Å². The molecule has 8 heteroatoms. The van der Waals surface area contributed by atoms with Gasteiger partial charge in [0.05, 0.1) is 6.61 Å². The summed E-state index contributed by atoms with van der Waals surface area (Å²) in [7, 11) is 0.332. The molecule has 2 atom stereocenters. The fraction of sp³-hybridized carbons (Fsp3) is 1.00. The molecule has 2 saturated heterocycles. The van der Waals surface area contributed by atoms with E-state index < -0.39 is 10.2 Å². The highest BCUT2D eigenvalue weighted by Crippen LogP contribution is 2.27. The van der Waals surface area contributed by atoms with E-state index in [0.29, 0.717) is 32.8 Å². The van der Waals surface area contributed by atoms with Gasteiger partial charge in [0.15, 0.2) is 0 Å². The van der Waals surface area contributed by atoms with E-state index in [1.807, 2.05) is 7.05 Å². The minimum atomic E-state index is -3.38. The lowest BCUT2D eigenvalue weighted by molar-refractivity contribution is 0.0986. The molecular formula is C15H31N3O4S. The highest BCUT2D eigenvalue weighted by atomic mass is 32.2. The van der Waals surface area contributed by atoms with Gasteiger partial charge in [0.25, 0.3) is 10.2 Å². The van der Waals surface area contributed by atoms with E-state index in [4.69, 9.17) is 4.74 Å². The Hall–Kier alpha value is -0.250. The molecule has 2 heterocycles.